The third kappa shape index (κ3) is 3.40. The maximum absolute atomic E-state index is 4.86. The summed E-state index contributed by atoms with van der Waals surface area (Å²) in [5.41, 5.74) is 2.40. The molecule has 0 N–H and O–H groups in total. The first kappa shape index (κ1) is 15.0. The molecule has 1 heterocycles. The van der Waals surface area contributed by atoms with Crippen molar-refractivity contribution in [1.82, 2.24) is 14.5 Å². The Labute approximate surface area is 122 Å². The predicted octanol–water partition coefficient (Wildman–Crippen LogP) is 4.07. The van der Waals surface area contributed by atoms with Crippen LogP contribution in [-0.2, 0) is 13.1 Å². The number of rotatable bonds is 8. The molecule has 1 aromatic heterocycles. The number of benzene rings is 1. The van der Waals surface area contributed by atoms with E-state index in [-0.39, 0.29) is 0 Å². The third-order valence-corrected chi connectivity index (χ3v) is 3.63. The van der Waals surface area contributed by atoms with Crippen molar-refractivity contribution in [1.29, 1.82) is 0 Å². The lowest BCUT2D eigenvalue weighted by molar-refractivity contribution is 0.256. The first-order valence-corrected chi connectivity index (χ1v) is 7.96. The molecule has 20 heavy (non-hydrogen) atoms. The van der Waals surface area contributed by atoms with E-state index in [1.54, 1.807) is 0 Å². The lowest BCUT2D eigenvalue weighted by Gasteiger charge is -2.21. The molecule has 0 saturated carbocycles. The molecule has 110 valence electrons. The SMILES string of the molecule is CCCN(CCC)Cc1nc2ccccc2n1CCC. The minimum absolute atomic E-state index is 0.969. The molecule has 2 rings (SSSR count). The number of aromatic nitrogens is 2. The van der Waals surface area contributed by atoms with Crippen LogP contribution in [0.4, 0.5) is 0 Å². The van der Waals surface area contributed by atoms with Gasteiger partial charge in [-0.1, -0.05) is 32.9 Å². The first-order valence-electron chi connectivity index (χ1n) is 7.96. The molecule has 0 spiro atoms. The molecule has 0 saturated heterocycles. The minimum Gasteiger partial charge on any atom is -0.327 e. The Morgan fingerprint density at radius 3 is 2.35 bits per heavy atom. The molecular weight excluding hydrogens is 246 g/mol. The summed E-state index contributed by atoms with van der Waals surface area (Å²) < 4.78 is 2.40. The highest BCUT2D eigenvalue weighted by atomic mass is 15.2. The number of hydrogen-bond donors (Lipinski definition) is 0. The summed E-state index contributed by atoms with van der Waals surface area (Å²) >= 11 is 0. The van der Waals surface area contributed by atoms with Gasteiger partial charge < -0.3 is 4.57 Å². The molecule has 0 aliphatic heterocycles. The van der Waals surface area contributed by atoms with Crippen LogP contribution in [0.3, 0.4) is 0 Å². The molecule has 0 fully saturated rings. The van der Waals surface area contributed by atoms with Crippen LogP contribution >= 0.6 is 0 Å². The van der Waals surface area contributed by atoms with Gasteiger partial charge in [-0.05, 0) is 44.5 Å². The fraction of sp³-hybridized carbons (Fsp3) is 0.588. The summed E-state index contributed by atoms with van der Waals surface area (Å²) in [4.78, 5) is 7.38. The molecule has 3 nitrogen and oxygen atoms in total. The standard InChI is InChI=1S/C17H27N3/c1-4-11-19(12-5-2)14-17-18-15-9-7-8-10-16(15)20(17)13-6-3/h7-10H,4-6,11-14H2,1-3H3. The zero-order valence-corrected chi connectivity index (χ0v) is 13.1. The summed E-state index contributed by atoms with van der Waals surface area (Å²) in [7, 11) is 0. The Balaban J connectivity index is 2.29. The second kappa shape index (κ2) is 7.44. The van der Waals surface area contributed by atoms with Gasteiger partial charge in [0.05, 0.1) is 17.6 Å². The Hall–Kier alpha value is -1.35. The van der Waals surface area contributed by atoms with Gasteiger partial charge in [0.1, 0.15) is 5.82 Å². The van der Waals surface area contributed by atoms with E-state index in [9.17, 15) is 0 Å². The highest BCUT2D eigenvalue weighted by Crippen LogP contribution is 2.18. The van der Waals surface area contributed by atoms with Gasteiger partial charge in [0, 0.05) is 6.54 Å². The van der Waals surface area contributed by atoms with Crippen molar-refractivity contribution in [2.75, 3.05) is 13.1 Å². The Morgan fingerprint density at radius 2 is 1.70 bits per heavy atom. The van der Waals surface area contributed by atoms with Gasteiger partial charge >= 0.3 is 0 Å². The molecule has 2 aromatic rings. The van der Waals surface area contributed by atoms with E-state index in [1.165, 1.54) is 24.2 Å². The quantitative estimate of drug-likeness (QED) is 0.723. The minimum atomic E-state index is 0.969. The van der Waals surface area contributed by atoms with Crippen molar-refractivity contribution >= 4 is 11.0 Å². The van der Waals surface area contributed by atoms with Gasteiger partial charge in [-0.3, -0.25) is 4.90 Å². The van der Waals surface area contributed by atoms with Crippen LogP contribution in [0.1, 0.15) is 45.9 Å². The second-order valence-electron chi connectivity index (χ2n) is 5.44. The van der Waals surface area contributed by atoms with Crippen molar-refractivity contribution in [3.05, 3.63) is 30.1 Å². The predicted molar refractivity (Wildman–Crippen MR) is 85.9 cm³/mol. The van der Waals surface area contributed by atoms with E-state index in [1.807, 2.05) is 0 Å². The van der Waals surface area contributed by atoms with Crippen molar-refractivity contribution in [3.8, 4) is 0 Å². The summed E-state index contributed by atoms with van der Waals surface area (Å²) in [6.07, 6.45) is 3.55. The van der Waals surface area contributed by atoms with Crippen molar-refractivity contribution in [2.45, 2.75) is 53.1 Å². The smallest absolute Gasteiger partial charge is 0.124 e. The molecular formula is C17H27N3. The monoisotopic (exact) mass is 273 g/mol. The van der Waals surface area contributed by atoms with Crippen LogP contribution in [0.5, 0.6) is 0 Å². The van der Waals surface area contributed by atoms with Gasteiger partial charge in [-0.25, -0.2) is 4.98 Å². The molecule has 0 aliphatic rings. The summed E-state index contributed by atoms with van der Waals surface area (Å²) in [5.74, 6) is 1.22. The maximum atomic E-state index is 4.86. The maximum Gasteiger partial charge on any atom is 0.124 e. The Morgan fingerprint density at radius 1 is 1.00 bits per heavy atom. The fourth-order valence-corrected chi connectivity index (χ4v) is 2.82. The lowest BCUT2D eigenvalue weighted by Crippen LogP contribution is -2.26. The average molecular weight is 273 g/mol. The van der Waals surface area contributed by atoms with Crippen LogP contribution in [0.15, 0.2) is 24.3 Å². The zero-order valence-electron chi connectivity index (χ0n) is 13.1. The average Bonchev–Trinajstić information content (AvgIpc) is 2.78. The van der Waals surface area contributed by atoms with E-state index < -0.39 is 0 Å². The summed E-state index contributed by atoms with van der Waals surface area (Å²) in [6.45, 7) is 11.1. The van der Waals surface area contributed by atoms with E-state index in [2.05, 4.69) is 54.5 Å². The summed E-state index contributed by atoms with van der Waals surface area (Å²) in [5, 5.41) is 0. The van der Waals surface area contributed by atoms with E-state index in [4.69, 9.17) is 4.98 Å². The number of para-hydroxylation sites is 2. The Bertz CT molecular complexity index is 524. The molecule has 0 radical (unpaired) electrons. The lowest BCUT2D eigenvalue weighted by atomic mass is 10.3. The van der Waals surface area contributed by atoms with Gasteiger partial charge in [-0.2, -0.15) is 0 Å². The molecule has 1 aromatic carbocycles. The first-order chi connectivity index (χ1) is 9.80. The van der Waals surface area contributed by atoms with Crippen molar-refractivity contribution in [3.63, 3.8) is 0 Å². The van der Waals surface area contributed by atoms with E-state index in [0.717, 1.165) is 38.1 Å². The number of nitrogens with zero attached hydrogens (tertiary/aromatic N) is 3. The fourth-order valence-electron chi connectivity index (χ4n) is 2.82. The van der Waals surface area contributed by atoms with Crippen LogP contribution in [0.2, 0.25) is 0 Å². The molecule has 0 amide bonds. The van der Waals surface area contributed by atoms with Crippen LogP contribution in [0, 0.1) is 0 Å². The largest absolute Gasteiger partial charge is 0.327 e. The molecule has 0 aliphatic carbocycles. The van der Waals surface area contributed by atoms with E-state index in [0.29, 0.717) is 0 Å². The van der Waals surface area contributed by atoms with Gasteiger partial charge in [0.2, 0.25) is 0 Å². The number of aryl methyl sites for hydroxylation is 1. The third-order valence-electron chi connectivity index (χ3n) is 3.63. The number of imidazole rings is 1. The van der Waals surface area contributed by atoms with Gasteiger partial charge in [-0.15, -0.1) is 0 Å². The number of hydrogen-bond acceptors (Lipinski definition) is 2. The van der Waals surface area contributed by atoms with Crippen molar-refractivity contribution in [2.24, 2.45) is 0 Å². The van der Waals surface area contributed by atoms with Crippen LogP contribution in [0.25, 0.3) is 11.0 Å². The zero-order chi connectivity index (χ0) is 14.4. The Kier molecular flexibility index (Phi) is 5.60. The summed E-state index contributed by atoms with van der Waals surface area (Å²) in [6, 6.07) is 8.49. The normalized spacial score (nSPS) is 11.6. The van der Waals surface area contributed by atoms with Gasteiger partial charge in [0.15, 0.2) is 0 Å². The van der Waals surface area contributed by atoms with E-state index >= 15 is 0 Å². The topological polar surface area (TPSA) is 21.1 Å². The second-order valence-corrected chi connectivity index (χ2v) is 5.44. The molecule has 0 unspecified atom stereocenters. The highest BCUT2D eigenvalue weighted by Gasteiger charge is 2.12. The van der Waals surface area contributed by atoms with Crippen LogP contribution < -0.4 is 0 Å². The van der Waals surface area contributed by atoms with Crippen LogP contribution in [-0.4, -0.2) is 27.5 Å². The van der Waals surface area contributed by atoms with Crippen molar-refractivity contribution < 1.29 is 0 Å². The molecule has 0 atom stereocenters. The van der Waals surface area contributed by atoms with Gasteiger partial charge in [0.25, 0.3) is 0 Å². The molecule has 0 bridgehead atoms. The number of fused-ring (bicyclic) bond motifs is 1. The molecule has 3 heteroatoms. The highest BCUT2D eigenvalue weighted by molar-refractivity contribution is 5.75.